The number of carbonyl (C=O) groups is 1. The quantitative estimate of drug-likeness (QED) is 0.449. The van der Waals surface area contributed by atoms with Crippen LogP contribution in [0.1, 0.15) is 42.8 Å². The van der Waals surface area contributed by atoms with Crippen LogP contribution in [0, 0.1) is 0 Å². The Morgan fingerprint density at radius 1 is 1.44 bits per heavy atom. The minimum Gasteiger partial charge on any atom is -0.351 e. The molecule has 0 bridgehead atoms. The third-order valence-electron chi connectivity index (χ3n) is 2.19. The zero-order valence-corrected chi connectivity index (χ0v) is 12.6. The highest BCUT2D eigenvalue weighted by Gasteiger charge is 2.09. The number of rotatable bonds is 8. The van der Waals surface area contributed by atoms with Gasteiger partial charge in [-0.1, -0.05) is 44.2 Å². The van der Waals surface area contributed by atoms with Crippen LogP contribution in [0.25, 0.3) is 0 Å². The van der Waals surface area contributed by atoms with Gasteiger partial charge in [0.25, 0.3) is 5.91 Å². The number of nitrogens with one attached hydrogen (secondary N) is 1. The molecule has 0 aliphatic heterocycles. The lowest BCUT2D eigenvalue weighted by Crippen LogP contribution is -2.23. The van der Waals surface area contributed by atoms with Gasteiger partial charge in [-0.05, 0) is 18.6 Å². The molecule has 0 aliphatic carbocycles. The van der Waals surface area contributed by atoms with Crippen molar-refractivity contribution in [3.63, 3.8) is 0 Å². The minimum absolute atomic E-state index is 0.0145. The van der Waals surface area contributed by atoms with Gasteiger partial charge in [-0.2, -0.15) is 0 Å². The Labute approximate surface area is 117 Å². The van der Waals surface area contributed by atoms with E-state index >= 15 is 0 Å². The van der Waals surface area contributed by atoms with Crippen LogP contribution in [0.4, 0.5) is 0 Å². The van der Waals surface area contributed by atoms with Crippen molar-refractivity contribution in [2.45, 2.75) is 37.4 Å². The maximum absolute atomic E-state index is 11.8. The van der Waals surface area contributed by atoms with Gasteiger partial charge in [-0.3, -0.25) is 4.79 Å². The van der Waals surface area contributed by atoms with Crippen LogP contribution in [-0.2, 0) is 0 Å². The number of thiazole rings is 1. The Morgan fingerprint density at radius 2 is 2.22 bits per heavy atom. The number of aromatic nitrogens is 1. The largest absolute Gasteiger partial charge is 0.351 e. The molecule has 0 saturated carbocycles. The molecule has 0 aliphatic rings. The van der Waals surface area contributed by atoms with Crippen LogP contribution in [0.3, 0.4) is 0 Å². The summed E-state index contributed by atoms with van der Waals surface area (Å²) in [6.07, 6.45) is 9.11. The van der Waals surface area contributed by atoms with Crippen molar-refractivity contribution in [3.8, 4) is 0 Å². The van der Waals surface area contributed by atoms with Gasteiger partial charge in [0.05, 0.1) is 6.20 Å². The molecule has 0 aromatic carbocycles. The molecule has 3 nitrogen and oxygen atoms in total. The molecule has 1 heterocycles. The first-order chi connectivity index (χ1) is 8.77. The van der Waals surface area contributed by atoms with Crippen LogP contribution in [0.2, 0.25) is 0 Å². The first-order valence-corrected chi connectivity index (χ1v) is 8.10. The number of unbranched alkanes of at least 4 members (excludes halogenated alkanes) is 1. The molecule has 0 spiro atoms. The summed E-state index contributed by atoms with van der Waals surface area (Å²) in [7, 11) is 0. The average Bonchev–Trinajstić information content (AvgIpc) is 2.82. The first kappa shape index (κ1) is 15.2. The van der Waals surface area contributed by atoms with Gasteiger partial charge in [-0.25, -0.2) is 4.98 Å². The fraction of sp³-hybridized carbons (Fsp3) is 0.538. The summed E-state index contributed by atoms with van der Waals surface area (Å²) in [5.41, 5.74) is 0. The second-order valence-corrected chi connectivity index (χ2v) is 6.27. The van der Waals surface area contributed by atoms with Crippen LogP contribution in [-0.4, -0.2) is 23.2 Å². The summed E-state index contributed by atoms with van der Waals surface area (Å²) in [4.78, 5) is 16.7. The lowest BCUT2D eigenvalue weighted by molar-refractivity contribution is 0.0958. The van der Waals surface area contributed by atoms with E-state index in [1.165, 1.54) is 17.8 Å². The summed E-state index contributed by atoms with van der Waals surface area (Å²) in [5, 5.41) is 2.90. The van der Waals surface area contributed by atoms with E-state index < -0.39 is 0 Å². The maximum Gasteiger partial charge on any atom is 0.263 e. The predicted molar refractivity (Wildman–Crippen MR) is 79.5 cm³/mol. The summed E-state index contributed by atoms with van der Waals surface area (Å²) >= 11 is 3.13. The van der Waals surface area contributed by atoms with Crippen molar-refractivity contribution in [3.05, 3.63) is 23.2 Å². The van der Waals surface area contributed by atoms with Gasteiger partial charge in [0.15, 0.2) is 4.34 Å². The topological polar surface area (TPSA) is 42.0 Å². The van der Waals surface area contributed by atoms with Gasteiger partial charge < -0.3 is 5.32 Å². The summed E-state index contributed by atoms with van der Waals surface area (Å²) in [5.74, 6) is 0.968. The Kier molecular flexibility index (Phi) is 7.76. The normalized spacial score (nSPS) is 11.0. The van der Waals surface area contributed by atoms with Gasteiger partial charge in [0.1, 0.15) is 4.88 Å². The van der Waals surface area contributed by atoms with E-state index in [1.807, 2.05) is 0 Å². The minimum atomic E-state index is -0.0145. The highest BCUT2D eigenvalue weighted by atomic mass is 32.2. The van der Waals surface area contributed by atoms with Crippen LogP contribution in [0.15, 0.2) is 22.7 Å². The third kappa shape index (κ3) is 5.69. The van der Waals surface area contributed by atoms with Crippen LogP contribution >= 0.6 is 23.1 Å². The summed E-state index contributed by atoms with van der Waals surface area (Å²) in [6, 6.07) is 0. The number of hydrogen-bond acceptors (Lipinski definition) is 4. The van der Waals surface area contributed by atoms with E-state index in [-0.39, 0.29) is 5.91 Å². The van der Waals surface area contributed by atoms with Crippen molar-refractivity contribution in [2.75, 3.05) is 12.3 Å². The molecule has 1 amide bonds. The molecule has 0 atom stereocenters. The molecular weight excluding hydrogens is 264 g/mol. The highest BCUT2D eigenvalue weighted by Crippen LogP contribution is 2.23. The molecule has 1 N–H and O–H groups in total. The van der Waals surface area contributed by atoms with E-state index in [0.717, 1.165) is 22.9 Å². The smallest absolute Gasteiger partial charge is 0.263 e. The van der Waals surface area contributed by atoms with Crippen molar-refractivity contribution >= 4 is 29.0 Å². The molecule has 0 radical (unpaired) electrons. The molecule has 1 aromatic rings. The first-order valence-electron chi connectivity index (χ1n) is 6.29. The molecule has 0 fully saturated rings. The van der Waals surface area contributed by atoms with E-state index in [2.05, 4.69) is 36.3 Å². The second kappa shape index (κ2) is 9.16. The number of carbonyl (C=O) groups excluding carboxylic acids is 1. The lowest BCUT2D eigenvalue weighted by atomic mass is 10.3. The Hall–Kier alpha value is -0.810. The number of hydrogen-bond donors (Lipinski definition) is 1. The molecule has 1 aromatic heterocycles. The fourth-order valence-electron chi connectivity index (χ4n) is 1.31. The number of nitrogens with zero attached hydrogens (tertiary/aromatic N) is 1. The standard InChI is InChI=1S/C13H20N2OS2/c1-3-5-6-7-8-9-14-12(16)11-10-15-13(18-11)17-4-2/h6-7,10H,3-5,8-9H2,1-2H3,(H,14,16)/b7-6+. The van der Waals surface area contributed by atoms with Crippen molar-refractivity contribution < 1.29 is 4.79 Å². The van der Waals surface area contributed by atoms with Crippen molar-refractivity contribution in [2.24, 2.45) is 0 Å². The SMILES string of the molecule is CCC/C=C/CCNC(=O)c1cnc(SCC)s1. The Morgan fingerprint density at radius 3 is 2.94 bits per heavy atom. The zero-order chi connectivity index (χ0) is 13.2. The highest BCUT2D eigenvalue weighted by molar-refractivity contribution is 8.01. The Balaban J connectivity index is 2.27. The van der Waals surface area contributed by atoms with E-state index in [9.17, 15) is 4.79 Å². The molecule has 18 heavy (non-hydrogen) atoms. The second-order valence-electron chi connectivity index (χ2n) is 3.73. The summed E-state index contributed by atoms with van der Waals surface area (Å²) in [6.45, 7) is 4.92. The Bertz CT molecular complexity index is 388. The molecule has 100 valence electrons. The fourth-order valence-corrected chi connectivity index (χ4v) is 3.11. The van der Waals surface area contributed by atoms with Crippen LogP contribution in [0.5, 0.6) is 0 Å². The molecule has 5 heteroatoms. The monoisotopic (exact) mass is 284 g/mol. The van der Waals surface area contributed by atoms with E-state index in [0.29, 0.717) is 11.4 Å². The van der Waals surface area contributed by atoms with Crippen LogP contribution < -0.4 is 5.32 Å². The zero-order valence-electron chi connectivity index (χ0n) is 10.9. The van der Waals surface area contributed by atoms with Crippen molar-refractivity contribution in [1.29, 1.82) is 0 Å². The number of thioether (sulfide) groups is 1. The third-order valence-corrected chi connectivity index (χ3v) is 4.23. The van der Waals surface area contributed by atoms with Gasteiger partial charge in [-0.15, -0.1) is 11.3 Å². The van der Waals surface area contributed by atoms with Crippen molar-refractivity contribution in [1.82, 2.24) is 10.3 Å². The molecule has 0 unspecified atom stereocenters. The molecular formula is C13H20N2OS2. The van der Waals surface area contributed by atoms with E-state index in [4.69, 9.17) is 0 Å². The molecule has 1 rings (SSSR count). The number of allylic oxidation sites excluding steroid dienone is 1. The molecule has 0 saturated heterocycles. The predicted octanol–water partition coefficient (Wildman–Crippen LogP) is 3.73. The lowest BCUT2D eigenvalue weighted by Gasteiger charge is -1.99. The summed E-state index contributed by atoms with van der Waals surface area (Å²) < 4.78 is 0.963. The van der Waals surface area contributed by atoms with Gasteiger partial charge in [0.2, 0.25) is 0 Å². The van der Waals surface area contributed by atoms with Gasteiger partial charge >= 0.3 is 0 Å². The van der Waals surface area contributed by atoms with E-state index in [1.54, 1.807) is 18.0 Å². The average molecular weight is 284 g/mol. The number of amides is 1. The maximum atomic E-state index is 11.8. The van der Waals surface area contributed by atoms with Gasteiger partial charge in [0, 0.05) is 6.54 Å².